The molecular weight excluding hydrogens is 292 g/mol. The maximum absolute atomic E-state index is 10.2. The number of aromatic nitrogens is 2. The molecular formula is C14H17BrN2O. The Hall–Kier alpha value is -1.13. The molecule has 1 aromatic carbocycles. The molecule has 2 rings (SSSR count). The van der Waals surface area contributed by atoms with E-state index < -0.39 is 6.10 Å². The predicted molar refractivity (Wildman–Crippen MR) is 75.4 cm³/mol. The molecule has 0 radical (unpaired) electrons. The van der Waals surface area contributed by atoms with Crippen LogP contribution in [0.3, 0.4) is 0 Å². The summed E-state index contributed by atoms with van der Waals surface area (Å²) < 4.78 is 2.83. The molecule has 18 heavy (non-hydrogen) atoms. The molecule has 0 spiro atoms. The number of aryl methyl sites for hydroxylation is 2. The van der Waals surface area contributed by atoms with Crippen LogP contribution in [-0.2, 0) is 13.5 Å². The first-order valence-corrected chi connectivity index (χ1v) is 6.78. The fourth-order valence-electron chi connectivity index (χ4n) is 2.05. The van der Waals surface area contributed by atoms with Gasteiger partial charge in [0.15, 0.2) is 0 Å². The van der Waals surface area contributed by atoms with Crippen molar-refractivity contribution in [2.75, 3.05) is 0 Å². The van der Waals surface area contributed by atoms with E-state index in [2.05, 4.69) is 21.0 Å². The van der Waals surface area contributed by atoms with Gasteiger partial charge in [-0.3, -0.25) is 4.68 Å². The number of hydrogen-bond donors (Lipinski definition) is 1. The molecule has 0 saturated carbocycles. The Morgan fingerprint density at radius 3 is 2.89 bits per heavy atom. The van der Waals surface area contributed by atoms with E-state index in [4.69, 9.17) is 0 Å². The smallest absolute Gasteiger partial charge is 0.0796 e. The summed E-state index contributed by atoms with van der Waals surface area (Å²) >= 11 is 3.49. The lowest BCUT2D eigenvalue weighted by Gasteiger charge is -2.14. The molecule has 2 aromatic rings. The highest BCUT2D eigenvalue weighted by Crippen LogP contribution is 2.27. The molecule has 1 heterocycles. The quantitative estimate of drug-likeness (QED) is 0.942. The van der Waals surface area contributed by atoms with Crippen molar-refractivity contribution in [2.24, 2.45) is 7.05 Å². The minimum atomic E-state index is -0.428. The van der Waals surface area contributed by atoms with E-state index in [0.29, 0.717) is 6.42 Å². The van der Waals surface area contributed by atoms with Crippen molar-refractivity contribution in [1.29, 1.82) is 0 Å². The Bertz CT molecular complexity index is 536. The zero-order valence-corrected chi connectivity index (χ0v) is 12.2. The highest BCUT2D eigenvalue weighted by atomic mass is 79.9. The third-order valence-corrected chi connectivity index (χ3v) is 3.99. The maximum Gasteiger partial charge on any atom is 0.0796 e. The van der Waals surface area contributed by atoms with Gasteiger partial charge in [-0.05, 0) is 42.5 Å². The summed E-state index contributed by atoms with van der Waals surface area (Å²) in [6.45, 7) is 2.02. The number of halogens is 1. The normalized spacial score (nSPS) is 12.7. The number of hydrogen-bond acceptors (Lipinski definition) is 2. The molecule has 1 N–H and O–H groups in total. The predicted octanol–water partition coefficient (Wildman–Crippen LogP) is 3.16. The van der Waals surface area contributed by atoms with Crippen LogP contribution in [0.5, 0.6) is 0 Å². The molecule has 0 aliphatic carbocycles. The van der Waals surface area contributed by atoms with Crippen LogP contribution < -0.4 is 0 Å². The van der Waals surface area contributed by atoms with E-state index in [-0.39, 0.29) is 0 Å². The largest absolute Gasteiger partial charge is 0.388 e. The summed E-state index contributed by atoms with van der Waals surface area (Å²) in [6.07, 6.45) is 4.95. The Morgan fingerprint density at radius 1 is 1.44 bits per heavy atom. The van der Waals surface area contributed by atoms with Crippen molar-refractivity contribution in [2.45, 2.75) is 25.9 Å². The van der Waals surface area contributed by atoms with Crippen LogP contribution in [0.2, 0.25) is 0 Å². The molecule has 1 atom stereocenters. The van der Waals surface area contributed by atoms with Crippen molar-refractivity contribution in [1.82, 2.24) is 9.78 Å². The first kappa shape index (κ1) is 13.3. The highest BCUT2D eigenvalue weighted by molar-refractivity contribution is 9.10. The average molecular weight is 309 g/mol. The number of nitrogens with zero attached hydrogens (tertiary/aromatic N) is 2. The third-order valence-electron chi connectivity index (χ3n) is 3.13. The maximum atomic E-state index is 10.2. The van der Waals surface area contributed by atoms with Crippen molar-refractivity contribution in [3.8, 4) is 0 Å². The number of aliphatic hydroxyl groups excluding tert-OH is 1. The van der Waals surface area contributed by atoms with Gasteiger partial charge in [0.2, 0.25) is 0 Å². The Kier molecular flexibility index (Phi) is 4.19. The van der Waals surface area contributed by atoms with Crippen molar-refractivity contribution in [3.05, 3.63) is 51.8 Å². The molecule has 0 bridgehead atoms. The molecule has 96 valence electrons. The summed E-state index contributed by atoms with van der Waals surface area (Å²) in [6, 6.07) is 5.93. The second-order valence-corrected chi connectivity index (χ2v) is 5.39. The van der Waals surface area contributed by atoms with E-state index in [1.165, 1.54) is 0 Å². The molecule has 0 aliphatic heterocycles. The Morgan fingerprint density at radius 2 is 2.22 bits per heavy atom. The molecule has 3 nitrogen and oxygen atoms in total. The molecule has 1 unspecified atom stereocenters. The van der Waals surface area contributed by atoms with Gasteiger partial charge in [-0.1, -0.05) is 28.1 Å². The lowest BCUT2D eigenvalue weighted by Crippen LogP contribution is -2.02. The van der Waals surface area contributed by atoms with Crippen molar-refractivity contribution < 1.29 is 5.11 Å². The van der Waals surface area contributed by atoms with Crippen LogP contribution >= 0.6 is 15.9 Å². The van der Waals surface area contributed by atoms with E-state index >= 15 is 0 Å². The van der Waals surface area contributed by atoms with E-state index in [1.807, 2.05) is 44.6 Å². The van der Waals surface area contributed by atoms with Gasteiger partial charge in [-0.15, -0.1) is 0 Å². The fraction of sp³-hybridized carbons (Fsp3) is 0.357. The zero-order chi connectivity index (χ0) is 13.1. The van der Waals surface area contributed by atoms with E-state index in [1.54, 1.807) is 4.68 Å². The molecule has 4 heteroatoms. The molecule has 1 aromatic heterocycles. The van der Waals surface area contributed by atoms with Gasteiger partial charge in [-0.2, -0.15) is 5.10 Å². The monoisotopic (exact) mass is 308 g/mol. The van der Waals surface area contributed by atoms with Gasteiger partial charge in [0.05, 0.1) is 12.3 Å². The Labute approximate surface area is 116 Å². The van der Waals surface area contributed by atoms with Gasteiger partial charge >= 0.3 is 0 Å². The van der Waals surface area contributed by atoms with Gasteiger partial charge in [-0.25, -0.2) is 0 Å². The minimum Gasteiger partial charge on any atom is -0.388 e. The Balaban J connectivity index is 2.03. The van der Waals surface area contributed by atoms with Crippen LogP contribution in [0.15, 0.2) is 35.1 Å². The minimum absolute atomic E-state index is 0.428. The average Bonchev–Trinajstić information content (AvgIpc) is 2.76. The van der Waals surface area contributed by atoms with Crippen LogP contribution in [0, 0.1) is 6.92 Å². The van der Waals surface area contributed by atoms with Gasteiger partial charge in [0.1, 0.15) is 0 Å². The first-order chi connectivity index (χ1) is 8.58. The van der Waals surface area contributed by atoms with Crippen LogP contribution in [0.4, 0.5) is 0 Å². The third kappa shape index (κ3) is 3.00. The summed E-state index contributed by atoms with van der Waals surface area (Å²) in [5.41, 5.74) is 3.26. The van der Waals surface area contributed by atoms with Crippen molar-refractivity contribution >= 4 is 15.9 Å². The van der Waals surface area contributed by atoms with Crippen LogP contribution in [0.1, 0.15) is 29.2 Å². The lowest BCUT2D eigenvalue weighted by molar-refractivity contribution is 0.167. The second-order valence-electron chi connectivity index (χ2n) is 4.53. The highest BCUT2D eigenvalue weighted by Gasteiger charge is 2.12. The SMILES string of the molecule is Cc1c(Br)cccc1C(O)CCc1cnn(C)c1. The summed E-state index contributed by atoms with van der Waals surface area (Å²) in [7, 11) is 1.90. The van der Waals surface area contributed by atoms with Gasteiger partial charge in [0.25, 0.3) is 0 Å². The van der Waals surface area contributed by atoms with E-state index in [0.717, 1.165) is 27.6 Å². The van der Waals surface area contributed by atoms with Crippen molar-refractivity contribution in [3.63, 3.8) is 0 Å². The summed E-state index contributed by atoms with van der Waals surface area (Å²) in [5.74, 6) is 0. The molecule has 0 amide bonds. The number of aliphatic hydroxyl groups is 1. The standard InChI is InChI=1S/C14H17BrN2O/c1-10-12(4-3-5-13(10)15)14(18)7-6-11-8-16-17(2)9-11/h3-5,8-9,14,18H,6-7H2,1-2H3. The molecule has 0 aliphatic rings. The number of benzene rings is 1. The topological polar surface area (TPSA) is 38.1 Å². The zero-order valence-electron chi connectivity index (χ0n) is 10.6. The number of rotatable bonds is 4. The van der Waals surface area contributed by atoms with Gasteiger partial charge < -0.3 is 5.11 Å². The second kappa shape index (κ2) is 5.67. The summed E-state index contributed by atoms with van der Waals surface area (Å²) in [4.78, 5) is 0. The first-order valence-electron chi connectivity index (χ1n) is 5.98. The fourth-order valence-corrected chi connectivity index (χ4v) is 2.43. The summed E-state index contributed by atoms with van der Waals surface area (Å²) in [5, 5.41) is 14.4. The molecule has 0 fully saturated rings. The lowest BCUT2D eigenvalue weighted by atomic mass is 9.99. The van der Waals surface area contributed by atoms with Crippen LogP contribution in [0.25, 0.3) is 0 Å². The van der Waals surface area contributed by atoms with Crippen LogP contribution in [-0.4, -0.2) is 14.9 Å². The van der Waals surface area contributed by atoms with Gasteiger partial charge in [0, 0.05) is 17.7 Å². The molecule has 0 saturated heterocycles. The van der Waals surface area contributed by atoms with E-state index in [9.17, 15) is 5.11 Å².